The minimum absolute atomic E-state index is 0.0569. The number of rotatable bonds is 1. The van der Waals surface area contributed by atoms with Crippen molar-refractivity contribution in [2.24, 2.45) is 5.73 Å². The number of halogens is 2. The first-order chi connectivity index (χ1) is 8.99. The van der Waals surface area contributed by atoms with Gasteiger partial charge in [-0.3, -0.25) is 14.5 Å². The summed E-state index contributed by atoms with van der Waals surface area (Å²) in [6.45, 7) is 0. The first-order valence-corrected chi connectivity index (χ1v) is 6.87. The smallest absolute Gasteiger partial charge is 0.261 e. The van der Waals surface area contributed by atoms with Gasteiger partial charge in [0.05, 0.1) is 21.2 Å². The normalized spacial score (nSPS) is 26.2. The summed E-state index contributed by atoms with van der Waals surface area (Å²) in [5.41, 5.74) is 6.51. The third-order valence-electron chi connectivity index (χ3n) is 3.77. The van der Waals surface area contributed by atoms with E-state index in [-0.39, 0.29) is 33.9 Å². The van der Waals surface area contributed by atoms with Crippen LogP contribution in [0.3, 0.4) is 0 Å². The Morgan fingerprint density at radius 1 is 1.05 bits per heavy atom. The Morgan fingerprint density at radius 3 is 2.00 bits per heavy atom. The maximum absolute atomic E-state index is 12.3. The SMILES string of the molecule is N[C@H]1CC[C@H](N2C(=O)c3cc(Cl)c(Cl)cc3C2=O)C1. The molecule has 3 rings (SSSR count). The number of imide groups is 1. The molecule has 100 valence electrons. The molecule has 1 aliphatic heterocycles. The lowest BCUT2D eigenvalue weighted by Gasteiger charge is -2.21. The van der Waals surface area contributed by atoms with Gasteiger partial charge in [0.2, 0.25) is 0 Å². The molecule has 2 amide bonds. The molecule has 2 atom stereocenters. The molecule has 1 fully saturated rings. The highest BCUT2D eigenvalue weighted by atomic mass is 35.5. The molecule has 0 bridgehead atoms. The minimum Gasteiger partial charge on any atom is -0.328 e. The predicted octanol–water partition coefficient (Wildman–Crippen LogP) is 2.47. The lowest BCUT2D eigenvalue weighted by atomic mass is 10.1. The van der Waals surface area contributed by atoms with Gasteiger partial charge in [-0.1, -0.05) is 23.2 Å². The fraction of sp³-hybridized carbons (Fsp3) is 0.385. The van der Waals surface area contributed by atoms with E-state index in [9.17, 15) is 9.59 Å². The van der Waals surface area contributed by atoms with Crippen molar-refractivity contribution in [3.63, 3.8) is 0 Å². The quantitative estimate of drug-likeness (QED) is 0.810. The third kappa shape index (κ3) is 1.95. The van der Waals surface area contributed by atoms with Crippen LogP contribution in [0.1, 0.15) is 40.0 Å². The third-order valence-corrected chi connectivity index (χ3v) is 4.49. The molecule has 1 saturated carbocycles. The number of benzene rings is 1. The molecule has 2 aliphatic rings. The standard InChI is InChI=1S/C13H12Cl2N2O2/c14-10-4-8-9(5-11(10)15)13(19)17(12(8)18)7-2-1-6(16)3-7/h4-7H,1-3,16H2/t6-,7-/m0/s1. The summed E-state index contributed by atoms with van der Waals surface area (Å²) in [7, 11) is 0. The van der Waals surface area contributed by atoms with Gasteiger partial charge in [0, 0.05) is 12.1 Å². The van der Waals surface area contributed by atoms with Crippen molar-refractivity contribution in [3.05, 3.63) is 33.3 Å². The van der Waals surface area contributed by atoms with Crippen LogP contribution in [0.5, 0.6) is 0 Å². The minimum atomic E-state index is -0.294. The van der Waals surface area contributed by atoms with Crippen molar-refractivity contribution < 1.29 is 9.59 Å². The van der Waals surface area contributed by atoms with Crippen LogP contribution in [-0.4, -0.2) is 28.8 Å². The molecule has 0 spiro atoms. The number of nitrogens with two attached hydrogens (primary N) is 1. The molecule has 0 radical (unpaired) electrons. The molecule has 2 N–H and O–H groups in total. The zero-order valence-electron chi connectivity index (χ0n) is 10.0. The van der Waals surface area contributed by atoms with E-state index in [1.165, 1.54) is 17.0 Å². The number of carbonyl (C=O) groups is 2. The van der Waals surface area contributed by atoms with Gasteiger partial charge in [0.1, 0.15) is 0 Å². The molecule has 1 aromatic carbocycles. The van der Waals surface area contributed by atoms with E-state index in [2.05, 4.69) is 0 Å². The van der Waals surface area contributed by atoms with Crippen molar-refractivity contribution in [1.29, 1.82) is 0 Å². The van der Waals surface area contributed by atoms with E-state index < -0.39 is 0 Å². The molecule has 1 heterocycles. The molecular formula is C13H12Cl2N2O2. The van der Waals surface area contributed by atoms with Gasteiger partial charge < -0.3 is 5.73 Å². The van der Waals surface area contributed by atoms with Crippen molar-refractivity contribution in [1.82, 2.24) is 4.90 Å². The number of nitrogens with zero attached hydrogens (tertiary/aromatic N) is 1. The van der Waals surface area contributed by atoms with Crippen LogP contribution in [0.25, 0.3) is 0 Å². The molecule has 1 aromatic rings. The van der Waals surface area contributed by atoms with Crippen LogP contribution in [0.15, 0.2) is 12.1 Å². The summed E-state index contributed by atoms with van der Waals surface area (Å²) in [4.78, 5) is 26.0. The molecule has 19 heavy (non-hydrogen) atoms. The van der Waals surface area contributed by atoms with Crippen LogP contribution in [0.2, 0.25) is 10.0 Å². The van der Waals surface area contributed by atoms with Gasteiger partial charge in [-0.15, -0.1) is 0 Å². The van der Waals surface area contributed by atoms with Crippen molar-refractivity contribution >= 4 is 35.0 Å². The predicted molar refractivity (Wildman–Crippen MR) is 72.6 cm³/mol. The van der Waals surface area contributed by atoms with Crippen LogP contribution in [0.4, 0.5) is 0 Å². The van der Waals surface area contributed by atoms with E-state index in [4.69, 9.17) is 28.9 Å². The Balaban J connectivity index is 2.00. The highest BCUT2D eigenvalue weighted by Gasteiger charge is 2.42. The van der Waals surface area contributed by atoms with Gasteiger partial charge in [-0.25, -0.2) is 0 Å². The number of hydrogen-bond donors (Lipinski definition) is 1. The first kappa shape index (κ1) is 12.9. The van der Waals surface area contributed by atoms with Crippen LogP contribution in [0, 0.1) is 0 Å². The average Bonchev–Trinajstić information content (AvgIpc) is 2.86. The summed E-state index contributed by atoms with van der Waals surface area (Å²) in [6.07, 6.45) is 2.25. The van der Waals surface area contributed by atoms with Gasteiger partial charge in [0.25, 0.3) is 11.8 Å². The average molecular weight is 299 g/mol. The van der Waals surface area contributed by atoms with Gasteiger partial charge in [-0.2, -0.15) is 0 Å². The topological polar surface area (TPSA) is 63.4 Å². The number of amides is 2. The highest BCUT2D eigenvalue weighted by molar-refractivity contribution is 6.43. The lowest BCUT2D eigenvalue weighted by Crippen LogP contribution is -2.39. The van der Waals surface area contributed by atoms with Crippen LogP contribution < -0.4 is 5.73 Å². The molecule has 0 unspecified atom stereocenters. The highest BCUT2D eigenvalue weighted by Crippen LogP contribution is 2.35. The largest absolute Gasteiger partial charge is 0.328 e. The van der Waals surface area contributed by atoms with Crippen molar-refractivity contribution in [2.45, 2.75) is 31.3 Å². The Kier molecular flexibility index (Phi) is 3.04. The second kappa shape index (κ2) is 4.47. The van der Waals surface area contributed by atoms with E-state index in [1.54, 1.807) is 0 Å². The van der Waals surface area contributed by atoms with E-state index in [1.807, 2.05) is 0 Å². The summed E-state index contributed by atoms with van der Waals surface area (Å²) < 4.78 is 0. The van der Waals surface area contributed by atoms with Gasteiger partial charge in [-0.05, 0) is 31.4 Å². The number of fused-ring (bicyclic) bond motifs is 1. The molecule has 0 saturated heterocycles. The van der Waals surface area contributed by atoms with E-state index in [0.29, 0.717) is 17.5 Å². The second-order valence-corrected chi connectivity index (χ2v) is 5.83. The molecule has 6 heteroatoms. The first-order valence-electron chi connectivity index (χ1n) is 6.11. The van der Waals surface area contributed by atoms with Crippen LogP contribution >= 0.6 is 23.2 Å². The zero-order chi connectivity index (χ0) is 13.7. The van der Waals surface area contributed by atoms with E-state index >= 15 is 0 Å². The second-order valence-electron chi connectivity index (χ2n) is 5.02. The van der Waals surface area contributed by atoms with Crippen molar-refractivity contribution in [3.8, 4) is 0 Å². The monoisotopic (exact) mass is 298 g/mol. The fourth-order valence-corrected chi connectivity index (χ4v) is 3.14. The summed E-state index contributed by atoms with van der Waals surface area (Å²) >= 11 is 11.8. The van der Waals surface area contributed by atoms with Crippen LogP contribution in [-0.2, 0) is 0 Å². The number of hydrogen-bond acceptors (Lipinski definition) is 3. The maximum atomic E-state index is 12.3. The van der Waals surface area contributed by atoms with Gasteiger partial charge in [0.15, 0.2) is 0 Å². The Hall–Kier alpha value is -1.10. The Bertz CT molecular complexity index is 547. The zero-order valence-corrected chi connectivity index (χ0v) is 11.5. The molecule has 0 aromatic heterocycles. The van der Waals surface area contributed by atoms with E-state index in [0.717, 1.165) is 12.8 Å². The molecule has 4 nitrogen and oxygen atoms in total. The summed E-state index contributed by atoms with van der Waals surface area (Å²) in [5.74, 6) is -0.588. The molecule has 1 aliphatic carbocycles. The van der Waals surface area contributed by atoms with Gasteiger partial charge >= 0.3 is 0 Å². The Labute approximate surface area is 120 Å². The lowest BCUT2D eigenvalue weighted by molar-refractivity contribution is 0.0587. The molecular weight excluding hydrogens is 287 g/mol. The maximum Gasteiger partial charge on any atom is 0.261 e. The number of carbonyl (C=O) groups excluding carboxylic acids is 2. The Morgan fingerprint density at radius 2 is 1.58 bits per heavy atom. The van der Waals surface area contributed by atoms with Crippen molar-refractivity contribution in [2.75, 3.05) is 0 Å². The summed E-state index contributed by atoms with van der Waals surface area (Å²) in [5, 5.41) is 0.568. The summed E-state index contributed by atoms with van der Waals surface area (Å²) in [6, 6.07) is 2.88. The fourth-order valence-electron chi connectivity index (χ4n) is 2.81.